The third kappa shape index (κ3) is 3.68. The molecule has 0 heterocycles. The number of aryl methyl sites for hydroxylation is 1. The number of ether oxygens (including phenoxy) is 2. The van der Waals surface area contributed by atoms with Crippen LogP contribution in [0.1, 0.15) is 31.0 Å². The van der Waals surface area contributed by atoms with Gasteiger partial charge in [0.25, 0.3) is 0 Å². The summed E-state index contributed by atoms with van der Waals surface area (Å²) in [4.78, 5) is 0. The number of halogens is 1. The maximum atomic E-state index is 13.5. The van der Waals surface area contributed by atoms with Crippen LogP contribution in [0.5, 0.6) is 5.75 Å². The van der Waals surface area contributed by atoms with E-state index in [-0.39, 0.29) is 18.0 Å². The standard InChI is InChI=1S/C13H20FNO2/c1-8-5-13(17-9(2)7-16-4)11(10(3)15)6-12(8)14/h5-6,9-10H,7,15H2,1-4H3. The predicted molar refractivity (Wildman–Crippen MR) is 65.7 cm³/mol. The average molecular weight is 241 g/mol. The number of hydrogen-bond acceptors (Lipinski definition) is 3. The largest absolute Gasteiger partial charge is 0.488 e. The summed E-state index contributed by atoms with van der Waals surface area (Å²) in [6, 6.07) is 2.85. The van der Waals surface area contributed by atoms with E-state index in [0.29, 0.717) is 23.5 Å². The summed E-state index contributed by atoms with van der Waals surface area (Å²) >= 11 is 0. The third-order valence-corrected chi connectivity index (χ3v) is 2.51. The first-order valence-corrected chi connectivity index (χ1v) is 5.67. The molecule has 0 aromatic heterocycles. The Morgan fingerprint density at radius 2 is 2.00 bits per heavy atom. The van der Waals surface area contributed by atoms with E-state index in [1.54, 1.807) is 27.0 Å². The second kappa shape index (κ2) is 5.98. The van der Waals surface area contributed by atoms with Crippen LogP contribution in [-0.4, -0.2) is 19.8 Å². The van der Waals surface area contributed by atoms with Crippen LogP contribution in [0.3, 0.4) is 0 Å². The van der Waals surface area contributed by atoms with E-state index >= 15 is 0 Å². The van der Waals surface area contributed by atoms with Gasteiger partial charge in [-0.05, 0) is 38.5 Å². The molecular formula is C13H20FNO2. The lowest BCUT2D eigenvalue weighted by molar-refractivity contribution is 0.0911. The predicted octanol–water partition coefficient (Wildman–Crippen LogP) is 2.57. The zero-order valence-electron chi connectivity index (χ0n) is 10.8. The number of hydrogen-bond donors (Lipinski definition) is 1. The molecule has 2 atom stereocenters. The van der Waals surface area contributed by atoms with Crippen LogP contribution in [0.4, 0.5) is 4.39 Å². The smallest absolute Gasteiger partial charge is 0.126 e. The first-order chi connectivity index (χ1) is 7.95. The van der Waals surface area contributed by atoms with Gasteiger partial charge in [0, 0.05) is 18.7 Å². The quantitative estimate of drug-likeness (QED) is 0.861. The Balaban J connectivity index is 3.00. The summed E-state index contributed by atoms with van der Waals surface area (Å²) < 4.78 is 24.2. The molecule has 0 radical (unpaired) electrons. The molecule has 0 saturated carbocycles. The molecule has 0 saturated heterocycles. The van der Waals surface area contributed by atoms with Gasteiger partial charge < -0.3 is 15.2 Å². The summed E-state index contributed by atoms with van der Waals surface area (Å²) in [5.41, 5.74) is 7.03. The van der Waals surface area contributed by atoms with Crippen molar-refractivity contribution in [2.45, 2.75) is 32.9 Å². The Labute approximate surface area is 102 Å². The molecule has 1 aromatic rings. The van der Waals surface area contributed by atoms with E-state index in [2.05, 4.69) is 0 Å². The van der Waals surface area contributed by atoms with Gasteiger partial charge in [-0.25, -0.2) is 4.39 Å². The molecule has 2 N–H and O–H groups in total. The average Bonchev–Trinajstić information content (AvgIpc) is 2.23. The van der Waals surface area contributed by atoms with E-state index in [9.17, 15) is 4.39 Å². The SMILES string of the molecule is COCC(C)Oc1cc(C)c(F)cc1C(C)N. The van der Waals surface area contributed by atoms with Crippen LogP contribution in [0.15, 0.2) is 12.1 Å². The Kier molecular flexibility index (Phi) is 4.90. The van der Waals surface area contributed by atoms with Crippen LogP contribution in [0.25, 0.3) is 0 Å². The van der Waals surface area contributed by atoms with Crippen molar-refractivity contribution < 1.29 is 13.9 Å². The van der Waals surface area contributed by atoms with Crippen molar-refractivity contribution >= 4 is 0 Å². The zero-order valence-corrected chi connectivity index (χ0v) is 10.8. The molecule has 0 aliphatic carbocycles. The zero-order chi connectivity index (χ0) is 13.0. The van der Waals surface area contributed by atoms with Crippen LogP contribution in [-0.2, 0) is 4.74 Å². The first-order valence-electron chi connectivity index (χ1n) is 5.67. The molecule has 0 amide bonds. The fraction of sp³-hybridized carbons (Fsp3) is 0.538. The number of rotatable bonds is 5. The molecule has 0 fully saturated rings. The van der Waals surface area contributed by atoms with E-state index < -0.39 is 0 Å². The number of benzene rings is 1. The normalized spacial score (nSPS) is 14.5. The maximum Gasteiger partial charge on any atom is 0.126 e. The van der Waals surface area contributed by atoms with Gasteiger partial charge in [-0.15, -0.1) is 0 Å². The minimum Gasteiger partial charge on any atom is -0.488 e. The molecule has 3 nitrogen and oxygen atoms in total. The Hall–Kier alpha value is -1.13. The van der Waals surface area contributed by atoms with Crippen LogP contribution in [0.2, 0.25) is 0 Å². The van der Waals surface area contributed by atoms with Crippen molar-refractivity contribution in [2.24, 2.45) is 5.73 Å². The highest BCUT2D eigenvalue weighted by molar-refractivity contribution is 5.40. The summed E-state index contributed by atoms with van der Waals surface area (Å²) in [7, 11) is 1.61. The van der Waals surface area contributed by atoms with Gasteiger partial charge in [0.1, 0.15) is 17.7 Å². The highest BCUT2D eigenvalue weighted by atomic mass is 19.1. The first kappa shape index (κ1) is 13.9. The molecule has 0 aliphatic heterocycles. The highest BCUT2D eigenvalue weighted by Gasteiger charge is 2.14. The molecule has 0 spiro atoms. The summed E-state index contributed by atoms with van der Waals surface area (Å²) in [6.07, 6.45) is -0.0950. The minimum absolute atomic E-state index is 0.0950. The molecule has 0 aliphatic rings. The molecule has 17 heavy (non-hydrogen) atoms. The fourth-order valence-electron chi connectivity index (χ4n) is 1.61. The summed E-state index contributed by atoms with van der Waals surface area (Å²) in [5.74, 6) is 0.368. The van der Waals surface area contributed by atoms with Crippen molar-refractivity contribution in [3.8, 4) is 5.75 Å². The molecule has 1 rings (SSSR count). The van der Waals surface area contributed by atoms with E-state index in [0.717, 1.165) is 0 Å². The van der Waals surface area contributed by atoms with Crippen molar-refractivity contribution in [3.05, 3.63) is 29.1 Å². The molecule has 4 heteroatoms. The lowest BCUT2D eigenvalue weighted by Crippen LogP contribution is -2.20. The van der Waals surface area contributed by atoms with Gasteiger partial charge in [0.05, 0.1) is 6.61 Å². The minimum atomic E-state index is -0.269. The lowest BCUT2D eigenvalue weighted by Gasteiger charge is -2.19. The second-order valence-corrected chi connectivity index (χ2v) is 4.31. The number of methoxy groups -OCH3 is 1. The Morgan fingerprint density at radius 1 is 1.35 bits per heavy atom. The fourth-order valence-corrected chi connectivity index (χ4v) is 1.61. The van der Waals surface area contributed by atoms with Gasteiger partial charge in [0.2, 0.25) is 0 Å². The third-order valence-electron chi connectivity index (χ3n) is 2.51. The summed E-state index contributed by atoms with van der Waals surface area (Å²) in [6.45, 7) is 5.88. The van der Waals surface area contributed by atoms with E-state index in [1.165, 1.54) is 6.07 Å². The molecule has 2 unspecified atom stereocenters. The summed E-state index contributed by atoms with van der Waals surface area (Å²) in [5, 5.41) is 0. The van der Waals surface area contributed by atoms with Gasteiger partial charge in [-0.3, -0.25) is 0 Å². The van der Waals surface area contributed by atoms with Gasteiger partial charge in [-0.2, -0.15) is 0 Å². The van der Waals surface area contributed by atoms with E-state index in [4.69, 9.17) is 15.2 Å². The Morgan fingerprint density at radius 3 is 2.53 bits per heavy atom. The van der Waals surface area contributed by atoms with Crippen LogP contribution < -0.4 is 10.5 Å². The molecule has 1 aromatic carbocycles. The van der Waals surface area contributed by atoms with Crippen molar-refractivity contribution in [1.29, 1.82) is 0 Å². The Bertz CT molecular complexity index is 380. The van der Waals surface area contributed by atoms with Crippen molar-refractivity contribution in [2.75, 3.05) is 13.7 Å². The molecule has 96 valence electrons. The van der Waals surface area contributed by atoms with E-state index in [1.807, 2.05) is 6.92 Å². The topological polar surface area (TPSA) is 44.5 Å². The van der Waals surface area contributed by atoms with Crippen LogP contribution in [0, 0.1) is 12.7 Å². The van der Waals surface area contributed by atoms with Crippen molar-refractivity contribution in [3.63, 3.8) is 0 Å². The molecular weight excluding hydrogens is 221 g/mol. The number of nitrogens with two attached hydrogens (primary N) is 1. The van der Waals surface area contributed by atoms with Gasteiger partial charge in [0.15, 0.2) is 0 Å². The van der Waals surface area contributed by atoms with Gasteiger partial charge >= 0.3 is 0 Å². The lowest BCUT2D eigenvalue weighted by atomic mass is 10.0. The highest BCUT2D eigenvalue weighted by Crippen LogP contribution is 2.28. The maximum absolute atomic E-state index is 13.5. The van der Waals surface area contributed by atoms with Crippen LogP contribution >= 0.6 is 0 Å². The van der Waals surface area contributed by atoms with Crippen molar-refractivity contribution in [1.82, 2.24) is 0 Å². The van der Waals surface area contributed by atoms with Gasteiger partial charge in [-0.1, -0.05) is 0 Å². The second-order valence-electron chi connectivity index (χ2n) is 4.31. The molecule has 0 bridgehead atoms. The monoisotopic (exact) mass is 241 g/mol.